The van der Waals surface area contributed by atoms with Crippen molar-refractivity contribution in [3.8, 4) is 5.75 Å². The highest BCUT2D eigenvalue weighted by Crippen LogP contribution is 2.40. The minimum Gasteiger partial charge on any atom is -0.480 e. The van der Waals surface area contributed by atoms with E-state index in [9.17, 15) is 13.6 Å². The first kappa shape index (κ1) is 21.9. The van der Waals surface area contributed by atoms with Crippen molar-refractivity contribution >= 4 is 11.4 Å². The lowest BCUT2D eigenvalue weighted by Crippen LogP contribution is -2.37. The van der Waals surface area contributed by atoms with Gasteiger partial charge in [-0.1, -0.05) is 42.0 Å². The van der Waals surface area contributed by atoms with Gasteiger partial charge in [0.1, 0.15) is 23.0 Å². The van der Waals surface area contributed by atoms with Crippen LogP contribution in [-0.2, 0) is 11.2 Å². The Kier molecular flexibility index (Phi) is 5.94. The number of ether oxygens (including phenoxy) is 2. The van der Waals surface area contributed by atoms with E-state index in [1.807, 2.05) is 56.3 Å². The topological polar surface area (TPSA) is 35.5 Å². The summed E-state index contributed by atoms with van der Waals surface area (Å²) < 4.78 is 39.4. The summed E-state index contributed by atoms with van der Waals surface area (Å²) in [7, 11) is 1.64. The van der Waals surface area contributed by atoms with Gasteiger partial charge in [0.05, 0.1) is 12.2 Å². The van der Waals surface area contributed by atoms with E-state index in [4.69, 9.17) is 9.47 Å². The molecule has 5 heteroatoms. The van der Waals surface area contributed by atoms with Crippen molar-refractivity contribution in [1.29, 1.82) is 0 Å². The predicted octanol–water partition coefficient (Wildman–Crippen LogP) is 5.93. The summed E-state index contributed by atoms with van der Waals surface area (Å²) in [5.74, 6) is -1.50. The molecule has 164 valence electrons. The van der Waals surface area contributed by atoms with Crippen molar-refractivity contribution in [2.24, 2.45) is 0 Å². The standard InChI is InChI=1S/C27H24F2O3/c1-17-7-12-25-20(13-17)21(15-27(2,32-25)16-31-3)19-10-8-18(9-11-19)14-24(30)26-22(28)5-4-6-23(26)29/h4-13,15H,14,16H2,1-3H3. The molecule has 1 heterocycles. The average molecular weight is 434 g/mol. The number of carbonyl (C=O) groups is 1. The van der Waals surface area contributed by atoms with Gasteiger partial charge in [-0.15, -0.1) is 0 Å². The van der Waals surface area contributed by atoms with E-state index in [1.54, 1.807) is 7.11 Å². The first-order valence-corrected chi connectivity index (χ1v) is 10.4. The SMILES string of the molecule is COCC1(C)C=C(c2ccc(CC(=O)c3c(F)cccc3F)cc2)c2cc(C)ccc2O1. The van der Waals surface area contributed by atoms with Gasteiger partial charge in [0.15, 0.2) is 5.78 Å². The van der Waals surface area contributed by atoms with Gasteiger partial charge in [-0.2, -0.15) is 0 Å². The normalized spacial score (nSPS) is 17.3. The zero-order valence-electron chi connectivity index (χ0n) is 18.2. The Labute approximate surface area is 186 Å². The van der Waals surface area contributed by atoms with Crippen LogP contribution in [0.1, 0.15) is 39.5 Å². The van der Waals surface area contributed by atoms with E-state index >= 15 is 0 Å². The van der Waals surface area contributed by atoms with Gasteiger partial charge < -0.3 is 9.47 Å². The first-order chi connectivity index (χ1) is 15.3. The molecule has 4 rings (SSSR count). The zero-order valence-corrected chi connectivity index (χ0v) is 18.2. The molecule has 0 bridgehead atoms. The fourth-order valence-electron chi connectivity index (χ4n) is 4.04. The second-order valence-corrected chi connectivity index (χ2v) is 8.30. The van der Waals surface area contributed by atoms with Gasteiger partial charge in [0, 0.05) is 19.1 Å². The molecule has 1 atom stereocenters. The van der Waals surface area contributed by atoms with Crippen LogP contribution in [0.15, 0.2) is 66.7 Å². The summed E-state index contributed by atoms with van der Waals surface area (Å²) in [5, 5.41) is 0. The Morgan fingerprint density at radius 3 is 2.38 bits per heavy atom. The molecule has 0 N–H and O–H groups in total. The number of hydrogen-bond donors (Lipinski definition) is 0. The molecule has 0 saturated heterocycles. The van der Waals surface area contributed by atoms with Crippen LogP contribution >= 0.6 is 0 Å². The summed E-state index contributed by atoms with van der Waals surface area (Å²) in [6.45, 7) is 4.39. The van der Waals surface area contributed by atoms with Crippen LogP contribution in [0.4, 0.5) is 8.78 Å². The number of aryl methyl sites for hydroxylation is 1. The lowest BCUT2D eigenvalue weighted by atomic mass is 9.88. The molecule has 1 aliphatic rings. The third kappa shape index (κ3) is 4.34. The molecule has 0 fully saturated rings. The smallest absolute Gasteiger partial charge is 0.173 e. The molecule has 3 nitrogen and oxygen atoms in total. The second kappa shape index (κ2) is 8.67. The number of halogens is 2. The molecular formula is C27H24F2O3. The lowest BCUT2D eigenvalue weighted by molar-refractivity contribution is 0.0374. The molecule has 0 saturated carbocycles. The third-order valence-electron chi connectivity index (χ3n) is 5.52. The summed E-state index contributed by atoms with van der Waals surface area (Å²) in [4.78, 5) is 12.5. The molecular weight excluding hydrogens is 410 g/mol. The maximum Gasteiger partial charge on any atom is 0.173 e. The van der Waals surface area contributed by atoms with E-state index in [2.05, 4.69) is 6.07 Å². The Bertz CT molecular complexity index is 1180. The summed E-state index contributed by atoms with van der Waals surface area (Å²) >= 11 is 0. The number of fused-ring (bicyclic) bond motifs is 1. The Hall–Kier alpha value is -3.31. The Balaban J connectivity index is 1.65. The zero-order chi connectivity index (χ0) is 22.9. The van der Waals surface area contributed by atoms with E-state index in [-0.39, 0.29) is 6.42 Å². The Morgan fingerprint density at radius 1 is 1.03 bits per heavy atom. The highest BCUT2D eigenvalue weighted by atomic mass is 19.1. The number of hydrogen-bond acceptors (Lipinski definition) is 3. The third-order valence-corrected chi connectivity index (χ3v) is 5.52. The number of methoxy groups -OCH3 is 1. The maximum absolute atomic E-state index is 13.9. The molecule has 0 aromatic heterocycles. The minimum atomic E-state index is -0.844. The largest absolute Gasteiger partial charge is 0.480 e. The van der Waals surface area contributed by atoms with Gasteiger partial charge >= 0.3 is 0 Å². The molecule has 0 spiro atoms. The number of carbonyl (C=O) groups excluding carboxylic acids is 1. The van der Waals surface area contributed by atoms with Crippen LogP contribution in [0.25, 0.3) is 5.57 Å². The number of benzene rings is 3. The van der Waals surface area contributed by atoms with Gasteiger partial charge in [-0.3, -0.25) is 4.79 Å². The highest BCUT2D eigenvalue weighted by molar-refractivity contribution is 5.98. The number of ketones is 1. The van der Waals surface area contributed by atoms with Crippen LogP contribution in [0.2, 0.25) is 0 Å². The molecule has 1 unspecified atom stereocenters. The minimum absolute atomic E-state index is 0.0859. The fourth-order valence-corrected chi connectivity index (χ4v) is 4.04. The molecule has 32 heavy (non-hydrogen) atoms. The summed E-state index contributed by atoms with van der Waals surface area (Å²) in [6, 6.07) is 16.9. The van der Waals surface area contributed by atoms with Crippen LogP contribution < -0.4 is 4.74 Å². The first-order valence-electron chi connectivity index (χ1n) is 10.4. The van der Waals surface area contributed by atoms with E-state index in [0.29, 0.717) is 12.2 Å². The van der Waals surface area contributed by atoms with E-state index in [1.165, 1.54) is 6.07 Å². The molecule has 3 aromatic carbocycles. The van der Waals surface area contributed by atoms with Gasteiger partial charge in [-0.25, -0.2) is 8.78 Å². The monoisotopic (exact) mass is 434 g/mol. The van der Waals surface area contributed by atoms with Crippen LogP contribution in [0.3, 0.4) is 0 Å². The lowest BCUT2D eigenvalue weighted by Gasteiger charge is -2.34. The molecule has 0 amide bonds. The van der Waals surface area contributed by atoms with Crippen molar-refractivity contribution in [3.05, 3.63) is 106 Å². The summed E-state index contributed by atoms with van der Waals surface area (Å²) in [5.41, 5.74) is 3.62. The van der Waals surface area contributed by atoms with Crippen LogP contribution in [0, 0.1) is 18.6 Å². The highest BCUT2D eigenvalue weighted by Gasteiger charge is 2.31. The Morgan fingerprint density at radius 2 is 1.72 bits per heavy atom. The second-order valence-electron chi connectivity index (χ2n) is 8.30. The van der Waals surface area contributed by atoms with Crippen molar-refractivity contribution in [2.45, 2.75) is 25.9 Å². The number of rotatable bonds is 6. The van der Waals surface area contributed by atoms with E-state index < -0.39 is 28.6 Å². The predicted molar refractivity (Wildman–Crippen MR) is 120 cm³/mol. The molecule has 3 aromatic rings. The fraction of sp³-hybridized carbons (Fsp3) is 0.222. The average Bonchev–Trinajstić information content (AvgIpc) is 2.74. The molecule has 0 aliphatic carbocycles. The van der Waals surface area contributed by atoms with Crippen molar-refractivity contribution in [2.75, 3.05) is 13.7 Å². The van der Waals surface area contributed by atoms with Gasteiger partial charge in [0.25, 0.3) is 0 Å². The van der Waals surface area contributed by atoms with Crippen molar-refractivity contribution < 1.29 is 23.0 Å². The van der Waals surface area contributed by atoms with Crippen LogP contribution in [0.5, 0.6) is 5.75 Å². The van der Waals surface area contributed by atoms with Gasteiger partial charge in [-0.05, 0) is 60.9 Å². The van der Waals surface area contributed by atoms with Crippen LogP contribution in [-0.4, -0.2) is 25.1 Å². The molecule has 1 aliphatic heterocycles. The number of Topliss-reactive ketones (excluding diaryl/α,β-unsaturated/α-hetero) is 1. The quantitative estimate of drug-likeness (QED) is 0.451. The summed E-state index contributed by atoms with van der Waals surface area (Å²) in [6.07, 6.45) is 1.96. The maximum atomic E-state index is 13.9. The van der Waals surface area contributed by atoms with Crippen molar-refractivity contribution in [1.82, 2.24) is 0 Å². The van der Waals surface area contributed by atoms with E-state index in [0.717, 1.165) is 40.1 Å². The van der Waals surface area contributed by atoms with Crippen molar-refractivity contribution in [3.63, 3.8) is 0 Å². The molecule has 0 radical (unpaired) electrons. The van der Waals surface area contributed by atoms with Gasteiger partial charge in [0.2, 0.25) is 0 Å².